The van der Waals surface area contributed by atoms with Gasteiger partial charge in [-0.15, -0.1) is 0 Å². The Balaban J connectivity index is 1.18. The number of aliphatic carboxylic acids is 1. The molecule has 4 aromatic carbocycles. The van der Waals surface area contributed by atoms with Crippen LogP contribution < -0.4 is 15.0 Å². The molecule has 8 nitrogen and oxygen atoms in total. The lowest BCUT2D eigenvalue weighted by Crippen LogP contribution is -2.32. The molecule has 5 rings (SSSR count). The minimum atomic E-state index is -1.03. The van der Waals surface area contributed by atoms with Crippen molar-refractivity contribution < 1.29 is 24.2 Å². The normalized spacial score (nSPS) is 11.3. The number of ether oxygens (including phenoxy) is 1. The molecule has 0 saturated heterocycles. The van der Waals surface area contributed by atoms with E-state index in [-0.39, 0.29) is 18.1 Å². The number of benzene rings is 4. The summed E-state index contributed by atoms with van der Waals surface area (Å²) >= 11 is 0. The van der Waals surface area contributed by atoms with Crippen molar-refractivity contribution in [3.05, 3.63) is 156 Å². The molecule has 0 radical (unpaired) electrons. The molecule has 1 aromatic heterocycles. The highest BCUT2D eigenvalue weighted by molar-refractivity contribution is 6.12. The first-order valence-corrected chi connectivity index (χ1v) is 14.7. The van der Waals surface area contributed by atoms with Crippen LogP contribution in [0.5, 0.6) is 5.75 Å². The molecule has 0 aliphatic heterocycles. The second-order valence-corrected chi connectivity index (χ2v) is 10.4. The van der Waals surface area contributed by atoms with Gasteiger partial charge in [0, 0.05) is 53.4 Å². The van der Waals surface area contributed by atoms with Gasteiger partial charge in [0.15, 0.2) is 5.78 Å². The third-order valence-electron chi connectivity index (χ3n) is 7.23. The van der Waals surface area contributed by atoms with E-state index in [1.54, 1.807) is 90.1 Å². The highest BCUT2D eigenvalue weighted by Gasteiger charge is 2.22. The topological polar surface area (TPSA) is 109 Å². The Morgan fingerprint density at radius 1 is 0.756 bits per heavy atom. The highest BCUT2D eigenvalue weighted by atomic mass is 16.5. The fraction of sp³-hybridized carbons (Fsp3) is 0.135. The number of amides is 1. The van der Waals surface area contributed by atoms with Crippen LogP contribution in [0.15, 0.2) is 134 Å². The van der Waals surface area contributed by atoms with Crippen LogP contribution in [0.3, 0.4) is 0 Å². The fourth-order valence-electron chi connectivity index (χ4n) is 4.92. The zero-order valence-electron chi connectivity index (χ0n) is 24.6. The number of carbonyl (C=O) groups is 3. The number of carboxylic acid groups (broad SMARTS) is 1. The molecule has 0 fully saturated rings. The number of rotatable bonds is 14. The third kappa shape index (κ3) is 8.20. The largest absolute Gasteiger partial charge is 0.494 e. The molecule has 2 N–H and O–H groups in total. The lowest BCUT2D eigenvalue weighted by Gasteiger charge is -2.23. The minimum Gasteiger partial charge on any atom is -0.494 e. The molecule has 1 heterocycles. The van der Waals surface area contributed by atoms with Gasteiger partial charge >= 0.3 is 5.97 Å². The smallest absolute Gasteiger partial charge is 0.326 e. The number of anilines is 2. The monoisotopic (exact) mass is 599 g/mol. The van der Waals surface area contributed by atoms with Crippen LogP contribution in [0.4, 0.5) is 11.4 Å². The number of pyridine rings is 1. The van der Waals surface area contributed by atoms with E-state index in [2.05, 4.69) is 10.3 Å². The summed E-state index contributed by atoms with van der Waals surface area (Å²) in [4.78, 5) is 44.2. The summed E-state index contributed by atoms with van der Waals surface area (Å²) in [5.74, 6) is -0.676. The van der Waals surface area contributed by atoms with Crippen molar-refractivity contribution in [2.24, 2.45) is 0 Å². The van der Waals surface area contributed by atoms with Crippen molar-refractivity contribution in [3.8, 4) is 5.75 Å². The van der Waals surface area contributed by atoms with Crippen molar-refractivity contribution >= 4 is 29.0 Å². The highest BCUT2D eigenvalue weighted by Crippen LogP contribution is 2.22. The first-order chi connectivity index (χ1) is 22.0. The van der Waals surface area contributed by atoms with E-state index in [0.717, 1.165) is 11.3 Å². The summed E-state index contributed by atoms with van der Waals surface area (Å²) in [6.45, 7) is 0.849. The molecule has 1 amide bonds. The standard InChI is InChI=1S/C37H33N3O5/c41-35(28-10-3-1-4-11-28)32-14-7-8-15-33(32)39-34(37(43)44)26-27-16-18-31(19-17-27)45-25-9-24-40(30-12-5-2-6-13-30)36(42)29-20-22-38-23-21-29/h1-8,10-23,34,39H,9,24-26H2,(H,43,44). The summed E-state index contributed by atoms with van der Waals surface area (Å²) < 4.78 is 5.95. The average Bonchev–Trinajstić information content (AvgIpc) is 3.09. The van der Waals surface area contributed by atoms with Gasteiger partial charge in [-0.1, -0.05) is 72.8 Å². The molecule has 0 bridgehead atoms. The first kappa shape index (κ1) is 30.7. The van der Waals surface area contributed by atoms with E-state index in [1.165, 1.54) is 0 Å². The molecule has 0 aliphatic carbocycles. The number of aromatic nitrogens is 1. The number of para-hydroxylation sites is 2. The SMILES string of the molecule is O=C(c1ccccc1)c1ccccc1NC(Cc1ccc(OCCCN(C(=O)c2ccncc2)c2ccccc2)cc1)C(=O)O. The van der Waals surface area contributed by atoms with Gasteiger partial charge in [-0.3, -0.25) is 14.6 Å². The number of carbonyl (C=O) groups excluding carboxylic acids is 2. The van der Waals surface area contributed by atoms with Crippen LogP contribution >= 0.6 is 0 Å². The van der Waals surface area contributed by atoms with Crippen molar-refractivity contribution in [2.45, 2.75) is 18.9 Å². The van der Waals surface area contributed by atoms with Crippen LogP contribution in [-0.2, 0) is 11.2 Å². The maximum absolute atomic E-state index is 13.2. The summed E-state index contributed by atoms with van der Waals surface area (Å²) in [5, 5.41) is 13.0. The average molecular weight is 600 g/mol. The van der Waals surface area contributed by atoms with Gasteiger partial charge in [-0.25, -0.2) is 4.79 Å². The third-order valence-corrected chi connectivity index (χ3v) is 7.23. The van der Waals surface area contributed by atoms with Crippen LogP contribution in [-0.4, -0.2) is 46.9 Å². The number of ketones is 1. The first-order valence-electron chi connectivity index (χ1n) is 14.7. The Labute approximate surface area is 262 Å². The number of hydrogen-bond acceptors (Lipinski definition) is 6. The number of hydrogen-bond donors (Lipinski definition) is 2. The van der Waals surface area contributed by atoms with Gasteiger partial charge in [0.1, 0.15) is 11.8 Å². The molecular weight excluding hydrogens is 566 g/mol. The predicted molar refractivity (Wildman–Crippen MR) is 174 cm³/mol. The van der Waals surface area contributed by atoms with E-state index in [9.17, 15) is 19.5 Å². The molecule has 0 aliphatic rings. The molecule has 45 heavy (non-hydrogen) atoms. The molecule has 0 spiro atoms. The molecule has 1 atom stereocenters. The second-order valence-electron chi connectivity index (χ2n) is 10.4. The van der Waals surface area contributed by atoms with Crippen molar-refractivity contribution in [1.82, 2.24) is 4.98 Å². The van der Waals surface area contributed by atoms with Crippen LogP contribution in [0.25, 0.3) is 0 Å². The number of nitrogens with one attached hydrogen (secondary N) is 1. The van der Waals surface area contributed by atoms with Gasteiger partial charge in [0.05, 0.1) is 6.61 Å². The second kappa shape index (κ2) is 15.1. The molecule has 1 unspecified atom stereocenters. The summed E-state index contributed by atoms with van der Waals surface area (Å²) in [6, 6.07) is 35.0. The fourth-order valence-corrected chi connectivity index (χ4v) is 4.92. The molecular formula is C37H33N3O5. The van der Waals surface area contributed by atoms with Crippen molar-refractivity contribution in [3.63, 3.8) is 0 Å². The van der Waals surface area contributed by atoms with Gasteiger partial charge in [0.25, 0.3) is 5.91 Å². The Morgan fingerprint density at radius 3 is 2.09 bits per heavy atom. The maximum Gasteiger partial charge on any atom is 0.326 e. The van der Waals surface area contributed by atoms with Gasteiger partial charge in [-0.05, 0) is 60.5 Å². The van der Waals surface area contributed by atoms with Crippen LogP contribution in [0, 0.1) is 0 Å². The van der Waals surface area contributed by atoms with E-state index in [1.807, 2.05) is 48.5 Å². The number of nitrogens with zero attached hydrogens (tertiary/aromatic N) is 2. The Kier molecular flexibility index (Phi) is 10.3. The van der Waals surface area contributed by atoms with Gasteiger partial charge in [0.2, 0.25) is 0 Å². The summed E-state index contributed by atoms with van der Waals surface area (Å²) in [7, 11) is 0. The van der Waals surface area contributed by atoms with E-state index in [0.29, 0.717) is 47.7 Å². The van der Waals surface area contributed by atoms with Gasteiger partial charge < -0.3 is 20.1 Å². The lowest BCUT2D eigenvalue weighted by atomic mass is 10.00. The van der Waals surface area contributed by atoms with E-state index < -0.39 is 12.0 Å². The van der Waals surface area contributed by atoms with Crippen molar-refractivity contribution in [2.75, 3.05) is 23.4 Å². The minimum absolute atomic E-state index is 0.110. The van der Waals surface area contributed by atoms with E-state index in [4.69, 9.17) is 4.74 Å². The lowest BCUT2D eigenvalue weighted by molar-refractivity contribution is -0.137. The number of carboxylic acids is 1. The summed E-state index contributed by atoms with van der Waals surface area (Å²) in [6.07, 6.45) is 4.00. The van der Waals surface area contributed by atoms with Crippen LogP contribution in [0.2, 0.25) is 0 Å². The molecule has 8 heteroatoms. The van der Waals surface area contributed by atoms with Crippen molar-refractivity contribution in [1.29, 1.82) is 0 Å². The Morgan fingerprint density at radius 2 is 1.40 bits per heavy atom. The Bertz CT molecular complexity index is 1710. The predicted octanol–water partition coefficient (Wildman–Crippen LogP) is 6.54. The zero-order chi connectivity index (χ0) is 31.4. The van der Waals surface area contributed by atoms with Crippen LogP contribution in [0.1, 0.15) is 38.3 Å². The van der Waals surface area contributed by atoms with E-state index >= 15 is 0 Å². The zero-order valence-corrected chi connectivity index (χ0v) is 24.6. The molecule has 226 valence electrons. The Hall–Kier alpha value is -5.76. The summed E-state index contributed by atoms with van der Waals surface area (Å²) in [5.41, 5.74) is 3.57. The molecule has 5 aromatic rings. The maximum atomic E-state index is 13.2. The van der Waals surface area contributed by atoms with Gasteiger partial charge in [-0.2, -0.15) is 0 Å². The quantitative estimate of drug-likeness (QED) is 0.110. The molecule has 0 saturated carbocycles.